The fourth-order valence-corrected chi connectivity index (χ4v) is 7.24. The summed E-state index contributed by atoms with van der Waals surface area (Å²) in [7, 11) is 0. The van der Waals surface area contributed by atoms with Crippen molar-refractivity contribution in [3.63, 3.8) is 0 Å². The number of allylic oxidation sites excluding steroid dienone is 4. The fourth-order valence-electron chi connectivity index (χ4n) is 7.24. The van der Waals surface area contributed by atoms with Gasteiger partial charge in [-0.1, -0.05) is 91.3 Å². The molecule has 0 N–H and O–H groups in total. The molecule has 46 heavy (non-hydrogen) atoms. The maximum absolute atomic E-state index is 4.62. The van der Waals surface area contributed by atoms with Crippen LogP contribution in [0.2, 0.25) is 0 Å². The first kappa shape index (κ1) is 29.9. The van der Waals surface area contributed by atoms with Crippen molar-refractivity contribution < 1.29 is 20.1 Å². The van der Waals surface area contributed by atoms with E-state index in [-0.39, 0.29) is 31.4 Å². The van der Waals surface area contributed by atoms with Crippen molar-refractivity contribution in [1.82, 2.24) is 9.97 Å². The normalized spacial score (nSPS) is 18.4. The maximum Gasteiger partial charge on any atom is 0.0341 e. The molecule has 2 aromatic heterocycles. The van der Waals surface area contributed by atoms with Gasteiger partial charge in [-0.3, -0.25) is 4.98 Å². The Morgan fingerprint density at radius 1 is 0.630 bits per heavy atom. The third kappa shape index (κ3) is 5.47. The van der Waals surface area contributed by atoms with Crippen LogP contribution in [0.15, 0.2) is 169 Å². The number of hydrogen-bond donors (Lipinski definition) is 0. The molecule has 2 nitrogen and oxygen atoms in total. The second-order valence-corrected chi connectivity index (χ2v) is 12.0. The van der Waals surface area contributed by atoms with Crippen molar-refractivity contribution in [2.24, 2.45) is 0 Å². The number of fused-ring (bicyclic) bond motifs is 6. The number of nitrogens with zero attached hydrogens (tertiary/aromatic N) is 2. The Kier molecular flexibility index (Phi) is 8.37. The summed E-state index contributed by atoms with van der Waals surface area (Å²) in [4.78, 5) is 8.84. The molecule has 1 fully saturated rings. The van der Waals surface area contributed by atoms with Crippen LogP contribution < -0.4 is 0 Å². The van der Waals surface area contributed by atoms with E-state index in [1.165, 1.54) is 44.5 Å². The van der Waals surface area contributed by atoms with Crippen molar-refractivity contribution in [1.29, 1.82) is 0 Å². The zero-order chi connectivity index (χ0) is 30.1. The van der Waals surface area contributed by atoms with Crippen LogP contribution in [-0.2, 0) is 25.5 Å². The minimum absolute atomic E-state index is 0. The summed E-state index contributed by atoms with van der Waals surface area (Å²) in [6.45, 7) is 0. The quantitative estimate of drug-likeness (QED) is 0.168. The molecule has 225 valence electrons. The molecule has 2 unspecified atom stereocenters. The minimum Gasteiger partial charge on any atom is -0.305 e. The van der Waals surface area contributed by atoms with E-state index in [1.807, 2.05) is 54.7 Å². The molecule has 3 aliphatic carbocycles. The molecule has 1 radical (unpaired) electrons. The summed E-state index contributed by atoms with van der Waals surface area (Å²) in [6.07, 6.45) is 12.9. The minimum atomic E-state index is 0. The third-order valence-corrected chi connectivity index (χ3v) is 9.34. The van der Waals surface area contributed by atoms with Crippen LogP contribution in [0.5, 0.6) is 0 Å². The molecular weight excluding hydrogens is 737 g/mol. The Balaban J connectivity index is 0.000000220. The van der Waals surface area contributed by atoms with Gasteiger partial charge in [-0.15, -0.1) is 47.5 Å². The van der Waals surface area contributed by atoms with Crippen molar-refractivity contribution in [2.75, 3.05) is 0 Å². The van der Waals surface area contributed by atoms with Crippen molar-refractivity contribution in [3.8, 4) is 33.5 Å². The van der Waals surface area contributed by atoms with Gasteiger partial charge >= 0.3 is 0 Å². The molecular formula is C43H32IrN2-2. The van der Waals surface area contributed by atoms with Crippen LogP contribution in [0.25, 0.3) is 33.5 Å². The number of hydrogen-bond acceptors (Lipinski definition) is 2. The van der Waals surface area contributed by atoms with E-state index in [9.17, 15) is 0 Å². The van der Waals surface area contributed by atoms with E-state index in [0.717, 1.165) is 29.8 Å². The van der Waals surface area contributed by atoms with Crippen LogP contribution in [0, 0.1) is 12.5 Å². The van der Waals surface area contributed by atoms with E-state index in [4.69, 9.17) is 0 Å². The zero-order valence-corrected chi connectivity index (χ0v) is 27.7. The molecule has 1 spiro atoms. The molecule has 3 aliphatic rings. The van der Waals surface area contributed by atoms with Crippen molar-refractivity contribution in [2.45, 2.75) is 24.2 Å². The Labute approximate surface area is 285 Å². The van der Waals surface area contributed by atoms with Gasteiger partial charge in [0.2, 0.25) is 0 Å². The monoisotopic (exact) mass is 769 g/mol. The molecule has 0 bridgehead atoms. The molecule has 6 aromatic rings. The number of pyridine rings is 2. The number of rotatable bonds is 3. The predicted octanol–water partition coefficient (Wildman–Crippen LogP) is 10.2. The van der Waals surface area contributed by atoms with Gasteiger partial charge in [0.05, 0.1) is 0 Å². The molecule has 1 saturated carbocycles. The molecule has 3 heteroatoms. The Morgan fingerprint density at radius 2 is 1.37 bits per heavy atom. The average molecular weight is 769 g/mol. The smallest absolute Gasteiger partial charge is 0.0341 e. The van der Waals surface area contributed by atoms with Gasteiger partial charge in [-0.05, 0) is 75.7 Å². The molecule has 9 rings (SSSR count). The summed E-state index contributed by atoms with van der Waals surface area (Å²) in [5, 5.41) is 0. The summed E-state index contributed by atoms with van der Waals surface area (Å²) >= 11 is 0. The van der Waals surface area contributed by atoms with Crippen LogP contribution in [0.1, 0.15) is 35.6 Å². The summed E-state index contributed by atoms with van der Waals surface area (Å²) in [5.41, 5.74) is 14.5. The van der Waals surface area contributed by atoms with Crippen LogP contribution in [0.3, 0.4) is 0 Å². The fraction of sp³-hybridized carbons (Fsp3) is 0.0930. The topological polar surface area (TPSA) is 25.8 Å². The second kappa shape index (κ2) is 12.9. The van der Waals surface area contributed by atoms with E-state index >= 15 is 0 Å². The summed E-state index contributed by atoms with van der Waals surface area (Å²) < 4.78 is 0. The van der Waals surface area contributed by atoms with Crippen molar-refractivity contribution in [3.05, 3.63) is 198 Å². The first-order chi connectivity index (χ1) is 22.3. The molecule has 2 atom stereocenters. The van der Waals surface area contributed by atoms with E-state index in [1.54, 1.807) is 6.20 Å². The van der Waals surface area contributed by atoms with Gasteiger partial charge in [-0.25, -0.2) is 12.5 Å². The number of benzene rings is 4. The second-order valence-electron chi connectivity index (χ2n) is 12.0. The first-order valence-corrected chi connectivity index (χ1v) is 15.6. The van der Waals surface area contributed by atoms with Crippen LogP contribution in [-0.4, -0.2) is 9.97 Å². The largest absolute Gasteiger partial charge is 0.305 e. The molecule has 0 amide bonds. The van der Waals surface area contributed by atoms with Gasteiger partial charge in [0.15, 0.2) is 0 Å². The molecule has 4 aromatic carbocycles. The first-order valence-electron chi connectivity index (χ1n) is 15.6. The zero-order valence-electron chi connectivity index (χ0n) is 25.3. The number of aromatic nitrogens is 2. The van der Waals surface area contributed by atoms with E-state index < -0.39 is 0 Å². The molecule has 2 heterocycles. The van der Waals surface area contributed by atoms with E-state index in [2.05, 4.69) is 120 Å². The van der Waals surface area contributed by atoms with Gasteiger partial charge < -0.3 is 4.98 Å². The molecule has 0 saturated heterocycles. The predicted molar refractivity (Wildman–Crippen MR) is 183 cm³/mol. The summed E-state index contributed by atoms with van der Waals surface area (Å²) in [6, 6.07) is 49.9. The average Bonchev–Trinajstić information content (AvgIpc) is 3.65. The Bertz CT molecular complexity index is 1980. The van der Waals surface area contributed by atoms with Gasteiger partial charge in [0.25, 0.3) is 0 Å². The van der Waals surface area contributed by atoms with Gasteiger partial charge in [0.1, 0.15) is 0 Å². The van der Waals surface area contributed by atoms with Crippen molar-refractivity contribution >= 4 is 0 Å². The van der Waals surface area contributed by atoms with Crippen LogP contribution in [0.4, 0.5) is 0 Å². The van der Waals surface area contributed by atoms with Crippen LogP contribution >= 0.6 is 0 Å². The Hall–Kier alpha value is -4.82. The maximum atomic E-state index is 4.62. The molecule has 0 aliphatic heterocycles. The van der Waals surface area contributed by atoms with Gasteiger partial charge in [0, 0.05) is 43.6 Å². The SMILES string of the molecule is C1=C2CC3(CC2=CC(c2ccccn2)[CH-]1)c1ccccc1-c1ccc(-c2ccccc2)cc13.[Ir].[c-]1ccccc1-c1ccccn1. The standard InChI is InChI=1S/C32H24N.C11H8N.Ir/c1-2-8-22(9-3-1)23-15-16-28-27-10-4-5-11-29(27)32(30(28)19-23)20-25-14-13-24(18-26(25)21-32)31-12-6-7-17-33-31;1-2-6-10(7-3-1)11-8-4-5-9-12-11;/h1-19,24H,20-21H2;1-6,8-9H;/q2*-1;. The summed E-state index contributed by atoms with van der Waals surface area (Å²) in [5.74, 6) is 0.256. The third-order valence-electron chi connectivity index (χ3n) is 9.34. The van der Waals surface area contributed by atoms with E-state index in [0.29, 0.717) is 0 Å². The Morgan fingerprint density at radius 3 is 2.15 bits per heavy atom. The van der Waals surface area contributed by atoms with Gasteiger partial charge in [-0.2, -0.15) is 5.57 Å².